The third-order valence-electron chi connectivity index (χ3n) is 7.09. The van der Waals surface area contributed by atoms with Crippen molar-refractivity contribution in [1.82, 2.24) is 14.5 Å². The average Bonchev–Trinajstić information content (AvgIpc) is 3.50. The molecule has 0 bridgehead atoms. The highest BCUT2D eigenvalue weighted by Gasteiger charge is 2.20. The van der Waals surface area contributed by atoms with Crippen LogP contribution in [0.3, 0.4) is 0 Å². The van der Waals surface area contributed by atoms with E-state index in [1.165, 1.54) is 42.0 Å². The SMILES string of the molecule is Brc1cc2c3ccccc3n(-c3cccc(-c4ccc5ncccc5n4)c3)c2c2sc3ccccc3c12. The number of nitrogens with zero attached hydrogens (tertiary/aromatic N) is 3. The third kappa shape index (κ3) is 3.11. The summed E-state index contributed by atoms with van der Waals surface area (Å²) in [5, 5.41) is 5.06. The molecule has 0 saturated heterocycles. The molecular formula is C32H18BrN3S. The molecule has 4 heterocycles. The number of aromatic nitrogens is 3. The number of rotatable bonds is 2. The van der Waals surface area contributed by atoms with Crippen molar-refractivity contribution >= 4 is 80.3 Å². The highest BCUT2D eigenvalue weighted by Crippen LogP contribution is 2.46. The van der Waals surface area contributed by atoms with Crippen LogP contribution in [0.25, 0.3) is 70.0 Å². The molecule has 0 aliphatic rings. The van der Waals surface area contributed by atoms with E-state index in [9.17, 15) is 0 Å². The molecular weight excluding hydrogens is 538 g/mol. The Kier molecular flexibility index (Phi) is 4.54. The predicted octanol–water partition coefficient (Wildman–Crippen LogP) is 9.52. The van der Waals surface area contributed by atoms with Gasteiger partial charge in [-0.3, -0.25) is 4.98 Å². The second-order valence-corrected chi connectivity index (χ2v) is 11.1. The van der Waals surface area contributed by atoms with Crippen molar-refractivity contribution in [1.29, 1.82) is 0 Å². The molecule has 174 valence electrons. The first-order chi connectivity index (χ1) is 18.3. The number of hydrogen-bond donors (Lipinski definition) is 0. The molecule has 0 amide bonds. The number of pyridine rings is 2. The summed E-state index contributed by atoms with van der Waals surface area (Å²) in [6.07, 6.45) is 1.81. The van der Waals surface area contributed by atoms with Crippen molar-refractivity contribution in [3.63, 3.8) is 0 Å². The van der Waals surface area contributed by atoms with Crippen molar-refractivity contribution in [2.24, 2.45) is 0 Å². The summed E-state index contributed by atoms with van der Waals surface area (Å²) < 4.78 is 6.14. The predicted molar refractivity (Wildman–Crippen MR) is 160 cm³/mol. The molecule has 0 atom stereocenters. The Balaban J connectivity index is 1.46. The zero-order valence-electron chi connectivity index (χ0n) is 19.5. The van der Waals surface area contributed by atoms with Gasteiger partial charge in [0.15, 0.2) is 0 Å². The maximum atomic E-state index is 4.91. The van der Waals surface area contributed by atoms with Crippen LogP contribution < -0.4 is 0 Å². The first kappa shape index (κ1) is 21.1. The Morgan fingerprint density at radius 3 is 2.51 bits per heavy atom. The van der Waals surface area contributed by atoms with Crippen molar-refractivity contribution < 1.29 is 0 Å². The van der Waals surface area contributed by atoms with E-state index in [-0.39, 0.29) is 0 Å². The topological polar surface area (TPSA) is 30.7 Å². The normalized spacial score (nSPS) is 11.9. The van der Waals surface area contributed by atoms with Crippen LogP contribution in [0, 0.1) is 0 Å². The number of hydrogen-bond acceptors (Lipinski definition) is 3. The fourth-order valence-electron chi connectivity index (χ4n) is 5.47. The zero-order valence-corrected chi connectivity index (χ0v) is 21.9. The maximum absolute atomic E-state index is 4.91. The second-order valence-electron chi connectivity index (χ2n) is 9.20. The fourth-order valence-corrected chi connectivity index (χ4v) is 7.51. The summed E-state index contributed by atoms with van der Waals surface area (Å²) in [4.78, 5) is 9.33. The van der Waals surface area contributed by atoms with E-state index >= 15 is 0 Å². The largest absolute Gasteiger partial charge is 0.308 e. The average molecular weight is 556 g/mol. The van der Waals surface area contributed by atoms with Crippen LogP contribution in [-0.4, -0.2) is 14.5 Å². The Morgan fingerprint density at radius 1 is 0.703 bits per heavy atom. The van der Waals surface area contributed by atoms with Gasteiger partial charge in [-0.2, -0.15) is 0 Å². The summed E-state index contributed by atoms with van der Waals surface area (Å²) in [6, 6.07) is 36.4. The quantitative estimate of drug-likeness (QED) is 0.212. The standard InChI is InChI=1S/C32H18BrN3S/c33-24-18-23-21-9-1-3-12-28(21)36(31(23)32-30(24)22-10-2-4-13-29(22)37-32)20-8-5-7-19(17-20)25-14-15-26-27(35-25)11-6-16-34-26/h1-18H. The summed E-state index contributed by atoms with van der Waals surface area (Å²) in [5.74, 6) is 0. The minimum absolute atomic E-state index is 0.902. The van der Waals surface area contributed by atoms with Crippen LogP contribution in [0.15, 0.2) is 114 Å². The van der Waals surface area contributed by atoms with E-state index in [0.29, 0.717) is 0 Å². The molecule has 0 spiro atoms. The van der Waals surface area contributed by atoms with Crippen molar-refractivity contribution in [2.45, 2.75) is 0 Å². The van der Waals surface area contributed by atoms with Gasteiger partial charge in [0.1, 0.15) is 0 Å². The molecule has 4 aromatic heterocycles. The van der Waals surface area contributed by atoms with E-state index in [0.717, 1.165) is 32.5 Å². The first-order valence-corrected chi connectivity index (χ1v) is 13.7. The maximum Gasteiger partial charge on any atom is 0.0894 e. The van der Waals surface area contributed by atoms with Gasteiger partial charge in [-0.05, 0) is 54.6 Å². The molecule has 0 N–H and O–H groups in total. The fraction of sp³-hybridized carbons (Fsp3) is 0. The van der Waals surface area contributed by atoms with Gasteiger partial charge in [0.2, 0.25) is 0 Å². The minimum Gasteiger partial charge on any atom is -0.308 e. The lowest BCUT2D eigenvalue weighted by molar-refractivity contribution is 1.19. The second kappa shape index (κ2) is 7.97. The molecule has 0 radical (unpaired) electrons. The van der Waals surface area contributed by atoms with Crippen LogP contribution in [0.2, 0.25) is 0 Å². The van der Waals surface area contributed by atoms with Crippen molar-refractivity contribution in [3.8, 4) is 16.9 Å². The molecule has 5 heteroatoms. The van der Waals surface area contributed by atoms with Crippen molar-refractivity contribution in [3.05, 3.63) is 114 Å². The Morgan fingerprint density at radius 2 is 1.57 bits per heavy atom. The number of para-hydroxylation sites is 1. The molecule has 0 unspecified atom stereocenters. The monoisotopic (exact) mass is 555 g/mol. The lowest BCUT2D eigenvalue weighted by Crippen LogP contribution is -1.95. The highest BCUT2D eigenvalue weighted by atomic mass is 79.9. The summed E-state index contributed by atoms with van der Waals surface area (Å²) >= 11 is 5.78. The Hall–Kier alpha value is -4.06. The van der Waals surface area contributed by atoms with E-state index < -0.39 is 0 Å². The summed E-state index contributed by atoms with van der Waals surface area (Å²) in [5.41, 5.74) is 7.40. The minimum atomic E-state index is 0.902. The van der Waals surface area contributed by atoms with E-state index in [1.807, 2.05) is 29.5 Å². The lowest BCUT2D eigenvalue weighted by Gasteiger charge is -2.11. The van der Waals surface area contributed by atoms with Gasteiger partial charge in [-0.25, -0.2) is 4.98 Å². The molecule has 0 saturated carbocycles. The zero-order chi connectivity index (χ0) is 24.5. The molecule has 0 fully saturated rings. The van der Waals surface area contributed by atoms with E-state index in [2.05, 4.69) is 110 Å². The van der Waals surface area contributed by atoms with Crippen LogP contribution in [-0.2, 0) is 0 Å². The molecule has 0 aliphatic heterocycles. The smallest absolute Gasteiger partial charge is 0.0894 e. The van der Waals surface area contributed by atoms with Gasteiger partial charge in [0.25, 0.3) is 0 Å². The number of benzene rings is 4. The van der Waals surface area contributed by atoms with Crippen LogP contribution >= 0.6 is 27.3 Å². The number of thiophene rings is 1. The number of fused-ring (bicyclic) bond motifs is 8. The molecule has 37 heavy (non-hydrogen) atoms. The van der Waals surface area contributed by atoms with Gasteiger partial charge >= 0.3 is 0 Å². The van der Waals surface area contributed by atoms with Gasteiger partial charge in [0.05, 0.1) is 32.5 Å². The third-order valence-corrected chi connectivity index (χ3v) is 8.89. The highest BCUT2D eigenvalue weighted by molar-refractivity contribution is 9.10. The molecule has 0 aliphatic carbocycles. The Labute approximate surface area is 224 Å². The summed E-state index contributed by atoms with van der Waals surface area (Å²) in [6.45, 7) is 0. The van der Waals surface area contributed by atoms with Crippen LogP contribution in [0.4, 0.5) is 0 Å². The number of halogens is 1. The van der Waals surface area contributed by atoms with E-state index in [1.54, 1.807) is 6.20 Å². The van der Waals surface area contributed by atoms with Gasteiger partial charge in [-0.15, -0.1) is 11.3 Å². The Bertz CT molecular complexity index is 2170. The van der Waals surface area contributed by atoms with Gasteiger partial charge in [0, 0.05) is 48.2 Å². The van der Waals surface area contributed by atoms with Gasteiger partial charge < -0.3 is 4.57 Å². The van der Waals surface area contributed by atoms with E-state index in [4.69, 9.17) is 4.98 Å². The molecule has 8 aromatic rings. The van der Waals surface area contributed by atoms with Crippen molar-refractivity contribution in [2.75, 3.05) is 0 Å². The van der Waals surface area contributed by atoms with Gasteiger partial charge in [-0.1, -0.05) is 64.5 Å². The summed E-state index contributed by atoms with van der Waals surface area (Å²) in [7, 11) is 0. The first-order valence-electron chi connectivity index (χ1n) is 12.1. The van der Waals surface area contributed by atoms with Crippen LogP contribution in [0.5, 0.6) is 0 Å². The molecule has 3 nitrogen and oxygen atoms in total. The molecule has 4 aromatic carbocycles. The lowest BCUT2D eigenvalue weighted by atomic mass is 10.1. The molecule has 8 rings (SSSR count). The van der Waals surface area contributed by atoms with Crippen LogP contribution in [0.1, 0.15) is 0 Å².